The predicted octanol–water partition coefficient (Wildman–Crippen LogP) is 5.10. The molecule has 1 aromatic heterocycles. The zero-order chi connectivity index (χ0) is 28.6. The van der Waals surface area contributed by atoms with Gasteiger partial charge < -0.3 is 30.0 Å². The van der Waals surface area contributed by atoms with Gasteiger partial charge in [-0.15, -0.1) is 0 Å². The minimum Gasteiger partial charge on any atom is -0.497 e. The molecule has 0 saturated heterocycles. The number of aromatic nitrogens is 1. The van der Waals surface area contributed by atoms with Crippen molar-refractivity contribution >= 4 is 34.3 Å². The second kappa shape index (κ2) is 12.8. The number of methoxy groups -OCH3 is 1. The van der Waals surface area contributed by atoms with Gasteiger partial charge in [-0.3, -0.25) is 14.4 Å². The molecule has 0 aliphatic heterocycles. The number of nitrogens with one attached hydrogen (secondary N) is 3. The van der Waals surface area contributed by atoms with Gasteiger partial charge in [-0.1, -0.05) is 19.1 Å². The first-order chi connectivity index (χ1) is 19.2. The Bertz CT molecular complexity index is 1480. The molecule has 0 spiro atoms. The highest BCUT2D eigenvalue weighted by Gasteiger charge is 2.24. The number of anilines is 1. The number of carbonyl (C=O) groups excluding carboxylic acids is 3. The smallest absolute Gasteiger partial charge is 0.271 e. The van der Waals surface area contributed by atoms with Crippen LogP contribution in [-0.4, -0.2) is 53.8 Å². The summed E-state index contributed by atoms with van der Waals surface area (Å²) in [6.45, 7) is 3.03. The molecule has 1 unspecified atom stereocenters. The quantitative estimate of drug-likeness (QED) is 0.242. The summed E-state index contributed by atoms with van der Waals surface area (Å²) in [7, 11) is 1.59. The van der Waals surface area contributed by atoms with E-state index in [1.807, 2.05) is 13.8 Å². The zero-order valence-corrected chi connectivity index (χ0v) is 22.5. The molecule has 4 rings (SSSR count). The highest BCUT2D eigenvalue weighted by molar-refractivity contribution is 6.02. The summed E-state index contributed by atoms with van der Waals surface area (Å²) < 4.78 is 25.1. The van der Waals surface area contributed by atoms with E-state index in [0.717, 1.165) is 4.90 Å². The highest BCUT2D eigenvalue weighted by Crippen LogP contribution is 2.25. The lowest BCUT2D eigenvalue weighted by molar-refractivity contribution is -0.123. The number of carbonyl (C=O) groups is 3. The first-order valence-electron chi connectivity index (χ1n) is 12.8. The number of amides is 3. The van der Waals surface area contributed by atoms with Crippen molar-refractivity contribution in [3.05, 3.63) is 84.3 Å². The second-order valence-corrected chi connectivity index (χ2v) is 9.28. The lowest BCUT2D eigenvalue weighted by Crippen LogP contribution is -2.46. The summed E-state index contributed by atoms with van der Waals surface area (Å²) in [5, 5.41) is 6.05. The molecule has 0 saturated carbocycles. The molecular formula is C30H31FN4O5. The van der Waals surface area contributed by atoms with Crippen LogP contribution >= 0.6 is 0 Å². The summed E-state index contributed by atoms with van der Waals surface area (Å²) in [5.41, 5.74) is 0.733. The van der Waals surface area contributed by atoms with Crippen molar-refractivity contribution < 1.29 is 28.2 Å². The van der Waals surface area contributed by atoms with Gasteiger partial charge in [0.05, 0.1) is 12.6 Å². The van der Waals surface area contributed by atoms with Crippen molar-refractivity contribution in [1.82, 2.24) is 15.2 Å². The summed E-state index contributed by atoms with van der Waals surface area (Å²) in [6.07, 6.45) is 0.708. The number of nitrogens with zero attached hydrogens (tertiary/aromatic N) is 1. The maximum atomic E-state index is 14.2. The number of hydrogen-bond acceptors (Lipinski definition) is 5. The van der Waals surface area contributed by atoms with Crippen LogP contribution in [0.4, 0.5) is 10.1 Å². The molecule has 3 aromatic carbocycles. The minimum atomic E-state index is -0.603. The monoisotopic (exact) mass is 546 g/mol. The van der Waals surface area contributed by atoms with E-state index in [2.05, 4.69) is 15.6 Å². The van der Waals surface area contributed by atoms with E-state index in [1.165, 1.54) is 18.2 Å². The van der Waals surface area contributed by atoms with E-state index in [4.69, 9.17) is 9.47 Å². The molecule has 4 aromatic rings. The van der Waals surface area contributed by atoms with Crippen LogP contribution in [0.2, 0.25) is 0 Å². The number of aromatic amines is 1. The van der Waals surface area contributed by atoms with Crippen LogP contribution in [-0.2, 0) is 9.59 Å². The average molecular weight is 547 g/mol. The first-order valence-corrected chi connectivity index (χ1v) is 12.8. The third kappa shape index (κ3) is 7.16. The van der Waals surface area contributed by atoms with Crippen LogP contribution in [0.15, 0.2) is 72.8 Å². The Morgan fingerprint density at radius 2 is 1.55 bits per heavy atom. The number of para-hydroxylation sites is 1. The summed E-state index contributed by atoms with van der Waals surface area (Å²) >= 11 is 0. The van der Waals surface area contributed by atoms with Crippen molar-refractivity contribution in [2.24, 2.45) is 0 Å². The molecule has 0 aliphatic carbocycles. The van der Waals surface area contributed by atoms with Crippen molar-refractivity contribution in [3.63, 3.8) is 0 Å². The van der Waals surface area contributed by atoms with E-state index < -0.39 is 30.1 Å². The summed E-state index contributed by atoms with van der Waals surface area (Å²) in [4.78, 5) is 42.8. The Labute approximate surface area is 231 Å². The Morgan fingerprint density at radius 3 is 2.17 bits per heavy atom. The maximum absolute atomic E-state index is 14.2. The van der Waals surface area contributed by atoms with Crippen LogP contribution in [0.1, 0.15) is 30.8 Å². The molecule has 0 aliphatic rings. The number of benzene rings is 3. The molecular weight excluding hydrogens is 515 g/mol. The average Bonchev–Trinajstić information content (AvgIpc) is 3.39. The predicted molar refractivity (Wildman–Crippen MR) is 150 cm³/mol. The normalized spacial score (nSPS) is 11.5. The second-order valence-electron chi connectivity index (χ2n) is 9.28. The van der Waals surface area contributed by atoms with Gasteiger partial charge in [0.25, 0.3) is 5.91 Å². The molecule has 40 heavy (non-hydrogen) atoms. The molecule has 10 heteroatoms. The van der Waals surface area contributed by atoms with Crippen LogP contribution < -0.4 is 20.1 Å². The third-order valence-electron chi connectivity index (χ3n) is 6.24. The Balaban J connectivity index is 1.44. The molecule has 0 fully saturated rings. The third-order valence-corrected chi connectivity index (χ3v) is 6.24. The lowest BCUT2D eigenvalue weighted by atomic mass is 10.2. The number of ether oxygens (including phenoxy) is 2. The van der Waals surface area contributed by atoms with E-state index >= 15 is 0 Å². The van der Waals surface area contributed by atoms with Gasteiger partial charge >= 0.3 is 0 Å². The van der Waals surface area contributed by atoms with Crippen LogP contribution in [0.5, 0.6) is 17.2 Å². The van der Waals surface area contributed by atoms with E-state index in [9.17, 15) is 18.8 Å². The molecule has 208 valence electrons. The van der Waals surface area contributed by atoms with Crippen LogP contribution in [0, 0.1) is 5.82 Å². The SMILES string of the molecule is CCC(C)NC(=O)CN(CC(=O)Nc1ccc(Oc2ccc(OC)cc2)cc1)C(=O)c1cc2cccc(F)c2[nH]1. The van der Waals surface area contributed by atoms with Gasteiger partial charge in [0.15, 0.2) is 0 Å². The highest BCUT2D eigenvalue weighted by atomic mass is 19.1. The van der Waals surface area contributed by atoms with Gasteiger partial charge in [0, 0.05) is 17.1 Å². The van der Waals surface area contributed by atoms with Crippen LogP contribution in [0.3, 0.4) is 0 Å². The molecule has 3 amide bonds. The largest absolute Gasteiger partial charge is 0.497 e. The number of hydrogen-bond donors (Lipinski definition) is 3. The maximum Gasteiger partial charge on any atom is 0.271 e. The van der Waals surface area contributed by atoms with Gasteiger partial charge in [0.1, 0.15) is 41.8 Å². The number of H-pyrrole nitrogens is 1. The van der Waals surface area contributed by atoms with Gasteiger partial charge in [-0.25, -0.2) is 4.39 Å². The van der Waals surface area contributed by atoms with Gasteiger partial charge in [-0.05, 0) is 74.0 Å². The molecule has 1 atom stereocenters. The fraction of sp³-hybridized carbons (Fsp3) is 0.233. The zero-order valence-electron chi connectivity index (χ0n) is 22.5. The lowest BCUT2D eigenvalue weighted by Gasteiger charge is -2.22. The summed E-state index contributed by atoms with van der Waals surface area (Å²) in [5.74, 6) is -0.115. The molecule has 0 bridgehead atoms. The van der Waals surface area contributed by atoms with Crippen molar-refractivity contribution in [3.8, 4) is 17.2 Å². The fourth-order valence-electron chi connectivity index (χ4n) is 3.96. The Morgan fingerprint density at radius 1 is 0.925 bits per heavy atom. The number of fused-ring (bicyclic) bond motifs is 1. The topological polar surface area (TPSA) is 113 Å². The van der Waals surface area contributed by atoms with Crippen molar-refractivity contribution in [2.45, 2.75) is 26.3 Å². The fourth-order valence-corrected chi connectivity index (χ4v) is 3.96. The molecule has 9 nitrogen and oxygen atoms in total. The summed E-state index contributed by atoms with van der Waals surface area (Å²) in [6, 6.07) is 19.7. The molecule has 1 heterocycles. The van der Waals surface area contributed by atoms with E-state index in [-0.39, 0.29) is 23.8 Å². The number of rotatable bonds is 11. The van der Waals surface area contributed by atoms with Crippen LogP contribution in [0.25, 0.3) is 10.9 Å². The van der Waals surface area contributed by atoms with E-state index in [0.29, 0.717) is 34.7 Å². The van der Waals surface area contributed by atoms with E-state index in [1.54, 1.807) is 61.7 Å². The van der Waals surface area contributed by atoms with Crippen molar-refractivity contribution in [1.29, 1.82) is 0 Å². The minimum absolute atomic E-state index is 0.0734. The Kier molecular flexibility index (Phi) is 9.00. The molecule has 3 N–H and O–H groups in total. The van der Waals surface area contributed by atoms with Gasteiger partial charge in [0.2, 0.25) is 11.8 Å². The van der Waals surface area contributed by atoms with Crippen molar-refractivity contribution in [2.75, 3.05) is 25.5 Å². The first kappa shape index (κ1) is 28.2. The standard InChI is InChI=1S/C30H31FN4O5/c1-4-19(2)32-27(36)17-35(30(38)26-16-20-6-5-7-25(31)29(20)34-26)18-28(37)33-21-8-10-23(11-9-21)40-24-14-12-22(39-3)13-15-24/h5-16,19,34H,4,17-18H2,1-3H3,(H,32,36)(H,33,37). The van der Waals surface area contributed by atoms with Gasteiger partial charge in [-0.2, -0.15) is 0 Å². The number of halogens is 1. The molecule has 0 radical (unpaired) electrons. The Hall–Kier alpha value is -4.86.